The van der Waals surface area contributed by atoms with Gasteiger partial charge in [0, 0.05) is 44.6 Å². The number of Topliss-reactive ketones (excluding diaryl/α,β-unsaturated/α-hetero) is 1. The van der Waals surface area contributed by atoms with Gasteiger partial charge in [-0.2, -0.15) is 0 Å². The monoisotopic (exact) mass is 326 g/mol. The summed E-state index contributed by atoms with van der Waals surface area (Å²) in [6, 6.07) is 6.12. The zero-order valence-corrected chi connectivity index (χ0v) is 14.2. The zero-order chi connectivity index (χ0) is 16.5. The Balaban J connectivity index is 1.32. The van der Waals surface area contributed by atoms with Gasteiger partial charge in [-0.05, 0) is 54.7 Å². The van der Waals surface area contributed by atoms with Gasteiger partial charge in [0.05, 0.1) is 0 Å². The number of likely N-dealkylation sites (tertiary alicyclic amines) is 1. The van der Waals surface area contributed by atoms with Crippen LogP contribution in [-0.2, 0) is 17.6 Å². The van der Waals surface area contributed by atoms with E-state index in [9.17, 15) is 9.59 Å². The molecule has 128 valence electrons. The Morgan fingerprint density at radius 2 is 1.71 bits per heavy atom. The molecule has 0 aromatic heterocycles. The van der Waals surface area contributed by atoms with Crippen LogP contribution < -0.4 is 5.32 Å². The average Bonchev–Trinajstić information content (AvgIpc) is 3.21. The number of hydrogen-bond donors (Lipinski definition) is 1. The van der Waals surface area contributed by atoms with Gasteiger partial charge in [-0.25, -0.2) is 0 Å². The molecule has 2 fully saturated rings. The third-order valence-corrected chi connectivity index (χ3v) is 5.98. The van der Waals surface area contributed by atoms with Crippen molar-refractivity contribution in [3.8, 4) is 0 Å². The number of ketones is 1. The predicted molar refractivity (Wildman–Crippen MR) is 93.1 cm³/mol. The molecular weight excluding hydrogens is 300 g/mol. The van der Waals surface area contributed by atoms with Crippen LogP contribution in [0.3, 0.4) is 0 Å². The van der Waals surface area contributed by atoms with E-state index in [0.29, 0.717) is 24.7 Å². The molecule has 1 aromatic rings. The van der Waals surface area contributed by atoms with Crippen molar-refractivity contribution in [2.75, 3.05) is 26.2 Å². The summed E-state index contributed by atoms with van der Waals surface area (Å²) in [5.41, 5.74) is 3.51. The minimum atomic E-state index is 0.109. The molecule has 2 atom stereocenters. The number of hydrogen-bond acceptors (Lipinski definition) is 3. The minimum absolute atomic E-state index is 0.109. The highest BCUT2D eigenvalue weighted by atomic mass is 16.2. The summed E-state index contributed by atoms with van der Waals surface area (Å²) in [5.74, 6) is 1.49. The number of rotatable bonds is 4. The Labute approximate surface area is 143 Å². The number of carbonyl (C=O) groups is 2. The lowest BCUT2D eigenvalue weighted by Gasteiger charge is -2.18. The first-order valence-corrected chi connectivity index (χ1v) is 9.34. The third-order valence-electron chi connectivity index (χ3n) is 5.98. The van der Waals surface area contributed by atoms with Crippen molar-refractivity contribution in [1.29, 1.82) is 0 Å². The van der Waals surface area contributed by atoms with Crippen LogP contribution in [0.25, 0.3) is 0 Å². The number of fused-ring (bicyclic) bond motifs is 2. The fourth-order valence-electron chi connectivity index (χ4n) is 4.49. The first-order chi connectivity index (χ1) is 11.7. The lowest BCUT2D eigenvalue weighted by Crippen LogP contribution is -2.32. The van der Waals surface area contributed by atoms with Gasteiger partial charge in [-0.1, -0.05) is 12.1 Å². The SMILES string of the molecule is O=C(CCC(=O)N1C[C@H]2CNC[C@H]2C1)c1ccc2c(c1)CCCC2. The van der Waals surface area contributed by atoms with Crippen LogP contribution in [0.2, 0.25) is 0 Å². The van der Waals surface area contributed by atoms with Crippen molar-refractivity contribution in [3.63, 3.8) is 0 Å². The maximum Gasteiger partial charge on any atom is 0.223 e. The summed E-state index contributed by atoms with van der Waals surface area (Å²) in [6.45, 7) is 3.79. The molecule has 4 heteroatoms. The summed E-state index contributed by atoms with van der Waals surface area (Å²) in [7, 11) is 0. The summed E-state index contributed by atoms with van der Waals surface area (Å²) in [6.07, 6.45) is 5.37. The molecule has 0 saturated carbocycles. The second-order valence-electron chi connectivity index (χ2n) is 7.59. The van der Waals surface area contributed by atoms with E-state index in [1.165, 1.54) is 24.0 Å². The van der Waals surface area contributed by atoms with E-state index in [1.807, 2.05) is 11.0 Å². The Morgan fingerprint density at radius 1 is 1.00 bits per heavy atom. The van der Waals surface area contributed by atoms with E-state index >= 15 is 0 Å². The molecule has 1 N–H and O–H groups in total. The van der Waals surface area contributed by atoms with Crippen molar-refractivity contribution in [2.24, 2.45) is 11.8 Å². The standard InChI is InChI=1S/C20H26N2O2/c23-19(16-6-5-14-3-1-2-4-15(14)9-16)7-8-20(24)22-12-17-10-21-11-18(17)13-22/h5-6,9,17-18,21H,1-4,7-8,10-13H2/t17-,18+. The zero-order valence-electron chi connectivity index (χ0n) is 14.2. The highest BCUT2D eigenvalue weighted by Crippen LogP contribution is 2.27. The molecule has 4 nitrogen and oxygen atoms in total. The summed E-state index contributed by atoms with van der Waals surface area (Å²) >= 11 is 0. The number of nitrogens with zero attached hydrogens (tertiary/aromatic N) is 1. The van der Waals surface area contributed by atoms with Gasteiger partial charge in [-0.15, -0.1) is 0 Å². The predicted octanol–water partition coefficient (Wildman–Crippen LogP) is 2.21. The second kappa shape index (κ2) is 6.67. The summed E-state index contributed by atoms with van der Waals surface area (Å²) in [4.78, 5) is 26.8. The molecular formula is C20H26N2O2. The molecule has 1 amide bonds. The fraction of sp³-hybridized carbons (Fsp3) is 0.600. The van der Waals surface area contributed by atoms with Crippen LogP contribution in [0.5, 0.6) is 0 Å². The van der Waals surface area contributed by atoms with Crippen molar-refractivity contribution in [2.45, 2.75) is 38.5 Å². The van der Waals surface area contributed by atoms with E-state index in [-0.39, 0.29) is 11.7 Å². The van der Waals surface area contributed by atoms with Crippen LogP contribution in [-0.4, -0.2) is 42.8 Å². The summed E-state index contributed by atoms with van der Waals surface area (Å²) in [5, 5.41) is 3.39. The van der Waals surface area contributed by atoms with E-state index in [1.54, 1.807) is 0 Å². The van der Waals surface area contributed by atoms with Gasteiger partial charge >= 0.3 is 0 Å². The maximum absolute atomic E-state index is 12.5. The van der Waals surface area contributed by atoms with E-state index in [2.05, 4.69) is 17.4 Å². The molecule has 0 spiro atoms. The molecule has 4 rings (SSSR count). The van der Waals surface area contributed by atoms with Crippen LogP contribution in [0, 0.1) is 11.8 Å². The number of carbonyl (C=O) groups excluding carboxylic acids is 2. The number of aryl methyl sites for hydroxylation is 2. The van der Waals surface area contributed by atoms with Gasteiger partial charge in [0.2, 0.25) is 5.91 Å². The molecule has 0 radical (unpaired) electrons. The smallest absolute Gasteiger partial charge is 0.223 e. The molecule has 2 heterocycles. The van der Waals surface area contributed by atoms with Gasteiger partial charge < -0.3 is 10.2 Å². The quantitative estimate of drug-likeness (QED) is 0.863. The van der Waals surface area contributed by atoms with Gasteiger partial charge in [-0.3, -0.25) is 9.59 Å². The Bertz CT molecular complexity index is 643. The van der Waals surface area contributed by atoms with Crippen LogP contribution in [0.1, 0.15) is 47.2 Å². The molecule has 2 aliphatic heterocycles. The van der Waals surface area contributed by atoms with Crippen LogP contribution in [0.15, 0.2) is 18.2 Å². The Kier molecular flexibility index (Phi) is 4.40. The van der Waals surface area contributed by atoms with E-state index < -0.39 is 0 Å². The van der Waals surface area contributed by atoms with E-state index in [4.69, 9.17) is 0 Å². The maximum atomic E-state index is 12.5. The van der Waals surface area contributed by atoms with Crippen LogP contribution in [0.4, 0.5) is 0 Å². The van der Waals surface area contributed by atoms with Gasteiger partial charge in [0.15, 0.2) is 5.78 Å². The lowest BCUT2D eigenvalue weighted by atomic mass is 9.89. The Hall–Kier alpha value is -1.68. The van der Waals surface area contributed by atoms with Crippen molar-refractivity contribution >= 4 is 11.7 Å². The number of amides is 1. The van der Waals surface area contributed by atoms with Gasteiger partial charge in [0.25, 0.3) is 0 Å². The molecule has 1 aliphatic carbocycles. The van der Waals surface area contributed by atoms with Crippen molar-refractivity contribution in [1.82, 2.24) is 10.2 Å². The second-order valence-corrected chi connectivity index (χ2v) is 7.59. The van der Waals surface area contributed by atoms with Crippen LogP contribution >= 0.6 is 0 Å². The lowest BCUT2D eigenvalue weighted by molar-refractivity contribution is -0.130. The average molecular weight is 326 g/mol. The topological polar surface area (TPSA) is 49.4 Å². The third kappa shape index (κ3) is 3.12. The fourth-order valence-corrected chi connectivity index (χ4v) is 4.49. The van der Waals surface area contributed by atoms with E-state index in [0.717, 1.165) is 44.6 Å². The van der Waals surface area contributed by atoms with Crippen molar-refractivity contribution < 1.29 is 9.59 Å². The molecule has 0 unspecified atom stereocenters. The van der Waals surface area contributed by atoms with Crippen molar-refractivity contribution in [3.05, 3.63) is 34.9 Å². The highest BCUT2D eigenvalue weighted by molar-refractivity contribution is 5.98. The molecule has 1 aromatic carbocycles. The molecule has 0 bridgehead atoms. The molecule has 2 saturated heterocycles. The Morgan fingerprint density at radius 3 is 2.46 bits per heavy atom. The first kappa shape index (κ1) is 15.8. The normalized spacial score (nSPS) is 25.4. The summed E-state index contributed by atoms with van der Waals surface area (Å²) < 4.78 is 0. The highest BCUT2D eigenvalue weighted by Gasteiger charge is 2.37. The minimum Gasteiger partial charge on any atom is -0.342 e. The number of benzene rings is 1. The first-order valence-electron chi connectivity index (χ1n) is 9.34. The number of nitrogens with one attached hydrogen (secondary N) is 1. The largest absolute Gasteiger partial charge is 0.342 e. The molecule has 24 heavy (non-hydrogen) atoms. The molecule has 3 aliphatic rings. The van der Waals surface area contributed by atoms with Gasteiger partial charge in [0.1, 0.15) is 0 Å².